The molecule has 1 saturated heterocycles. The highest BCUT2D eigenvalue weighted by atomic mass is 79.9. The van der Waals surface area contributed by atoms with Crippen molar-refractivity contribution >= 4 is 15.9 Å². The fourth-order valence-electron chi connectivity index (χ4n) is 3.97. The van der Waals surface area contributed by atoms with Crippen molar-refractivity contribution in [3.63, 3.8) is 0 Å². The van der Waals surface area contributed by atoms with Crippen LogP contribution in [0.1, 0.15) is 44.1 Å². The van der Waals surface area contributed by atoms with Crippen LogP contribution in [-0.2, 0) is 6.54 Å². The molecule has 20 heavy (non-hydrogen) atoms. The lowest BCUT2D eigenvalue weighted by atomic mass is 9.96. The zero-order valence-corrected chi connectivity index (χ0v) is 13.9. The molecule has 0 spiro atoms. The Kier molecular flexibility index (Phi) is 4.67. The summed E-state index contributed by atoms with van der Waals surface area (Å²) < 4.78 is 6.38. The van der Waals surface area contributed by atoms with Gasteiger partial charge in [-0.3, -0.25) is 4.90 Å². The topological polar surface area (TPSA) is 12.5 Å². The van der Waals surface area contributed by atoms with E-state index >= 15 is 0 Å². The second-order valence-corrected chi connectivity index (χ2v) is 7.05. The summed E-state index contributed by atoms with van der Waals surface area (Å²) in [4.78, 5) is 2.71. The molecule has 0 bridgehead atoms. The summed E-state index contributed by atoms with van der Waals surface area (Å²) in [5, 5.41) is 0. The third-order valence-corrected chi connectivity index (χ3v) is 5.58. The van der Waals surface area contributed by atoms with Gasteiger partial charge in [0.1, 0.15) is 5.75 Å². The molecule has 1 aliphatic heterocycles. The monoisotopic (exact) mass is 337 g/mol. The zero-order valence-electron chi connectivity index (χ0n) is 12.3. The number of methoxy groups -OCH3 is 1. The molecular formula is C17H24BrNO. The number of rotatable bonds is 4. The van der Waals surface area contributed by atoms with Gasteiger partial charge in [0.15, 0.2) is 0 Å². The van der Waals surface area contributed by atoms with Gasteiger partial charge in [0, 0.05) is 12.6 Å². The van der Waals surface area contributed by atoms with Crippen LogP contribution in [0.3, 0.4) is 0 Å². The molecule has 0 aromatic heterocycles. The van der Waals surface area contributed by atoms with E-state index in [-0.39, 0.29) is 0 Å². The van der Waals surface area contributed by atoms with Gasteiger partial charge in [-0.15, -0.1) is 0 Å². The Hall–Kier alpha value is -0.540. The Bertz CT molecular complexity index is 456. The minimum atomic E-state index is 0.832. The zero-order chi connectivity index (χ0) is 13.9. The predicted molar refractivity (Wildman–Crippen MR) is 86.1 cm³/mol. The first-order valence-electron chi connectivity index (χ1n) is 7.84. The normalized spacial score (nSPS) is 24.4. The fraction of sp³-hybridized carbons (Fsp3) is 0.647. The summed E-state index contributed by atoms with van der Waals surface area (Å²) in [5.41, 5.74) is 1.39. The van der Waals surface area contributed by atoms with E-state index in [0.717, 1.165) is 28.7 Å². The van der Waals surface area contributed by atoms with Crippen molar-refractivity contribution in [3.05, 3.63) is 28.2 Å². The van der Waals surface area contributed by atoms with E-state index in [4.69, 9.17) is 4.74 Å². The van der Waals surface area contributed by atoms with Crippen LogP contribution in [0.15, 0.2) is 22.7 Å². The standard InChI is InChI=1S/C17H24BrNO/c1-20-17-9-8-13(11-15(17)18)12-19-10-4-7-16(19)14-5-2-3-6-14/h8-9,11,14,16H,2-7,10,12H2,1H3. The highest BCUT2D eigenvalue weighted by Crippen LogP contribution is 2.36. The average Bonchev–Trinajstić information content (AvgIpc) is 3.09. The van der Waals surface area contributed by atoms with Gasteiger partial charge in [-0.25, -0.2) is 0 Å². The van der Waals surface area contributed by atoms with E-state index in [1.54, 1.807) is 7.11 Å². The summed E-state index contributed by atoms with van der Waals surface area (Å²) in [7, 11) is 1.72. The molecule has 1 heterocycles. The van der Waals surface area contributed by atoms with E-state index in [2.05, 4.69) is 39.0 Å². The Morgan fingerprint density at radius 1 is 1.20 bits per heavy atom. The van der Waals surface area contributed by atoms with Crippen LogP contribution in [0, 0.1) is 5.92 Å². The Balaban J connectivity index is 1.68. The third kappa shape index (κ3) is 3.04. The molecule has 3 rings (SSSR count). The lowest BCUT2D eigenvalue weighted by Gasteiger charge is -2.29. The lowest BCUT2D eigenvalue weighted by Crippen LogP contribution is -2.34. The van der Waals surface area contributed by atoms with Gasteiger partial charge in [0.2, 0.25) is 0 Å². The van der Waals surface area contributed by atoms with Gasteiger partial charge in [-0.05, 0) is 71.8 Å². The van der Waals surface area contributed by atoms with Gasteiger partial charge >= 0.3 is 0 Å². The van der Waals surface area contributed by atoms with Gasteiger partial charge in [-0.1, -0.05) is 18.9 Å². The number of ether oxygens (including phenoxy) is 1. The Labute approximate surface area is 130 Å². The maximum absolute atomic E-state index is 5.31. The highest BCUT2D eigenvalue weighted by molar-refractivity contribution is 9.10. The van der Waals surface area contributed by atoms with Crippen LogP contribution in [0.2, 0.25) is 0 Å². The molecule has 0 radical (unpaired) electrons. The number of benzene rings is 1. The van der Waals surface area contributed by atoms with Crippen LogP contribution in [0.5, 0.6) is 5.75 Å². The second kappa shape index (κ2) is 6.48. The number of hydrogen-bond donors (Lipinski definition) is 0. The SMILES string of the molecule is COc1ccc(CN2CCCC2C2CCCC2)cc1Br. The molecule has 2 nitrogen and oxygen atoms in total. The van der Waals surface area contributed by atoms with Crippen molar-refractivity contribution in [1.82, 2.24) is 4.90 Å². The van der Waals surface area contributed by atoms with Crippen LogP contribution in [-0.4, -0.2) is 24.6 Å². The van der Waals surface area contributed by atoms with E-state index in [9.17, 15) is 0 Å². The first kappa shape index (κ1) is 14.4. The van der Waals surface area contributed by atoms with Gasteiger partial charge < -0.3 is 4.74 Å². The smallest absolute Gasteiger partial charge is 0.133 e. The van der Waals surface area contributed by atoms with Crippen LogP contribution < -0.4 is 4.74 Å². The lowest BCUT2D eigenvalue weighted by molar-refractivity contribution is 0.183. The Morgan fingerprint density at radius 3 is 2.70 bits per heavy atom. The third-order valence-electron chi connectivity index (χ3n) is 4.96. The molecule has 2 aliphatic rings. The van der Waals surface area contributed by atoms with Crippen molar-refractivity contribution in [2.75, 3.05) is 13.7 Å². The van der Waals surface area contributed by atoms with Gasteiger partial charge in [0.25, 0.3) is 0 Å². The summed E-state index contributed by atoms with van der Waals surface area (Å²) in [6, 6.07) is 7.31. The van der Waals surface area contributed by atoms with E-state index in [1.165, 1.54) is 50.6 Å². The minimum absolute atomic E-state index is 0.832. The van der Waals surface area contributed by atoms with Crippen molar-refractivity contribution in [2.24, 2.45) is 5.92 Å². The largest absolute Gasteiger partial charge is 0.496 e. The molecule has 3 heteroatoms. The predicted octanol–water partition coefficient (Wildman–Crippen LogP) is 4.61. The molecule has 1 aliphatic carbocycles. The van der Waals surface area contributed by atoms with Crippen molar-refractivity contribution in [1.29, 1.82) is 0 Å². The van der Waals surface area contributed by atoms with Crippen molar-refractivity contribution < 1.29 is 4.74 Å². The second-order valence-electron chi connectivity index (χ2n) is 6.19. The van der Waals surface area contributed by atoms with Crippen molar-refractivity contribution in [3.8, 4) is 5.75 Å². The first-order valence-corrected chi connectivity index (χ1v) is 8.63. The summed E-state index contributed by atoms with van der Waals surface area (Å²) in [5.74, 6) is 1.88. The molecule has 1 atom stereocenters. The maximum Gasteiger partial charge on any atom is 0.133 e. The molecular weight excluding hydrogens is 314 g/mol. The summed E-state index contributed by atoms with van der Waals surface area (Å²) in [6.45, 7) is 2.36. The quantitative estimate of drug-likeness (QED) is 0.795. The number of halogens is 1. The van der Waals surface area contributed by atoms with E-state index in [1.807, 2.05) is 0 Å². The highest BCUT2D eigenvalue weighted by Gasteiger charge is 2.33. The van der Waals surface area contributed by atoms with Crippen LogP contribution in [0.4, 0.5) is 0 Å². The molecule has 0 amide bonds. The molecule has 2 fully saturated rings. The van der Waals surface area contributed by atoms with Crippen LogP contribution in [0.25, 0.3) is 0 Å². The molecule has 1 unspecified atom stereocenters. The summed E-state index contributed by atoms with van der Waals surface area (Å²) >= 11 is 3.59. The van der Waals surface area contributed by atoms with E-state index < -0.39 is 0 Å². The molecule has 0 N–H and O–H groups in total. The van der Waals surface area contributed by atoms with Gasteiger partial charge in [-0.2, -0.15) is 0 Å². The number of hydrogen-bond acceptors (Lipinski definition) is 2. The number of nitrogens with zero attached hydrogens (tertiary/aromatic N) is 1. The fourth-order valence-corrected chi connectivity index (χ4v) is 4.56. The van der Waals surface area contributed by atoms with Crippen molar-refractivity contribution in [2.45, 2.75) is 51.1 Å². The molecule has 1 aromatic rings. The summed E-state index contributed by atoms with van der Waals surface area (Å²) in [6.07, 6.45) is 8.58. The minimum Gasteiger partial charge on any atom is -0.496 e. The average molecular weight is 338 g/mol. The number of likely N-dealkylation sites (tertiary alicyclic amines) is 1. The molecule has 1 saturated carbocycles. The Morgan fingerprint density at radius 2 is 2.00 bits per heavy atom. The van der Waals surface area contributed by atoms with Gasteiger partial charge in [0.05, 0.1) is 11.6 Å². The molecule has 110 valence electrons. The first-order chi connectivity index (χ1) is 9.78. The maximum atomic E-state index is 5.31. The van der Waals surface area contributed by atoms with Crippen LogP contribution >= 0.6 is 15.9 Å². The molecule has 1 aromatic carbocycles. The van der Waals surface area contributed by atoms with E-state index in [0.29, 0.717) is 0 Å².